The van der Waals surface area contributed by atoms with Gasteiger partial charge in [0.25, 0.3) is 0 Å². The second-order valence-electron chi connectivity index (χ2n) is 6.13. The lowest BCUT2D eigenvalue weighted by molar-refractivity contribution is -0.149. The number of aryl methyl sites for hydroxylation is 1. The lowest BCUT2D eigenvalue weighted by Gasteiger charge is -2.40. The van der Waals surface area contributed by atoms with Crippen LogP contribution in [0.15, 0.2) is 24.3 Å². The van der Waals surface area contributed by atoms with Gasteiger partial charge < -0.3 is 10.1 Å². The standard InChI is InChI=1S/C16H23NO2/c1-12-6-8-13(9-7-12)17-16(14(18)19-4)11-5-10-15(16,2)3/h6-9,17H,5,10-11H2,1-4H3. The van der Waals surface area contributed by atoms with Crippen LogP contribution >= 0.6 is 0 Å². The van der Waals surface area contributed by atoms with E-state index in [1.54, 1.807) is 0 Å². The number of methoxy groups -OCH3 is 1. The normalized spacial score (nSPS) is 25.1. The zero-order valence-corrected chi connectivity index (χ0v) is 12.2. The van der Waals surface area contributed by atoms with E-state index in [1.807, 2.05) is 12.1 Å². The molecule has 3 nitrogen and oxygen atoms in total. The third-order valence-corrected chi connectivity index (χ3v) is 4.45. The van der Waals surface area contributed by atoms with Crippen molar-refractivity contribution in [2.75, 3.05) is 12.4 Å². The van der Waals surface area contributed by atoms with E-state index >= 15 is 0 Å². The van der Waals surface area contributed by atoms with Crippen LogP contribution in [-0.2, 0) is 9.53 Å². The summed E-state index contributed by atoms with van der Waals surface area (Å²) < 4.78 is 5.07. The third-order valence-electron chi connectivity index (χ3n) is 4.45. The van der Waals surface area contributed by atoms with Crippen molar-refractivity contribution < 1.29 is 9.53 Å². The van der Waals surface area contributed by atoms with E-state index in [9.17, 15) is 4.79 Å². The lowest BCUT2D eigenvalue weighted by atomic mass is 9.74. The van der Waals surface area contributed by atoms with E-state index in [1.165, 1.54) is 12.7 Å². The minimum Gasteiger partial charge on any atom is -0.467 e. The van der Waals surface area contributed by atoms with Gasteiger partial charge >= 0.3 is 5.97 Å². The summed E-state index contributed by atoms with van der Waals surface area (Å²) in [6, 6.07) is 8.15. The molecule has 1 unspecified atom stereocenters. The van der Waals surface area contributed by atoms with Gasteiger partial charge in [-0.05, 0) is 43.7 Å². The number of hydrogen-bond donors (Lipinski definition) is 1. The maximum Gasteiger partial charge on any atom is 0.332 e. The predicted octanol–water partition coefficient (Wildman–Crippen LogP) is 3.53. The highest BCUT2D eigenvalue weighted by Crippen LogP contribution is 2.48. The zero-order valence-electron chi connectivity index (χ0n) is 12.2. The Morgan fingerprint density at radius 3 is 2.32 bits per heavy atom. The number of rotatable bonds is 3. The Hall–Kier alpha value is -1.51. The Labute approximate surface area is 115 Å². The number of carbonyl (C=O) groups is 1. The fraction of sp³-hybridized carbons (Fsp3) is 0.562. The highest BCUT2D eigenvalue weighted by molar-refractivity contribution is 5.86. The van der Waals surface area contributed by atoms with E-state index in [0.29, 0.717) is 0 Å². The second kappa shape index (κ2) is 4.87. The minimum absolute atomic E-state index is 0.106. The molecule has 19 heavy (non-hydrogen) atoms. The summed E-state index contributed by atoms with van der Waals surface area (Å²) in [7, 11) is 1.47. The smallest absolute Gasteiger partial charge is 0.332 e. The third kappa shape index (κ3) is 2.34. The van der Waals surface area contributed by atoms with Crippen LogP contribution in [0.4, 0.5) is 5.69 Å². The maximum atomic E-state index is 12.3. The molecule has 0 bridgehead atoms. The van der Waals surface area contributed by atoms with Crippen molar-refractivity contribution in [3.05, 3.63) is 29.8 Å². The van der Waals surface area contributed by atoms with Gasteiger partial charge in [0.15, 0.2) is 0 Å². The van der Waals surface area contributed by atoms with E-state index in [-0.39, 0.29) is 11.4 Å². The average molecular weight is 261 g/mol. The van der Waals surface area contributed by atoms with Gasteiger partial charge in [-0.3, -0.25) is 0 Å². The van der Waals surface area contributed by atoms with E-state index in [4.69, 9.17) is 4.74 Å². The molecule has 0 heterocycles. The van der Waals surface area contributed by atoms with Gasteiger partial charge in [-0.25, -0.2) is 4.79 Å². The Bertz CT molecular complexity index is 464. The number of nitrogens with one attached hydrogen (secondary N) is 1. The molecule has 1 saturated carbocycles. The molecule has 1 aliphatic carbocycles. The monoisotopic (exact) mass is 261 g/mol. The average Bonchev–Trinajstić information content (AvgIpc) is 2.67. The van der Waals surface area contributed by atoms with Crippen molar-refractivity contribution >= 4 is 11.7 Å². The fourth-order valence-electron chi connectivity index (χ4n) is 3.07. The predicted molar refractivity (Wildman–Crippen MR) is 77.2 cm³/mol. The molecular weight excluding hydrogens is 238 g/mol. The molecule has 0 radical (unpaired) electrons. The molecule has 0 saturated heterocycles. The molecule has 1 fully saturated rings. The quantitative estimate of drug-likeness (QED) is 0.846. The molecule has 1 atom stereocenters. The van der Waals surface area contributed by atoms with Crippen molar-refractivity contribution in [3.63, 3.8) is 0 Å². The lowest BCUT2D eigenvalue weighted by Crippen LogP contribution is -2.54. The van der Waals surface area contributed by atoms with Gasteiger partial charge in [0.05, 0.1) is 7.11 Å². The van der Waals surface area contributed by atoms with Crippen LogP contribution in [0.25, 0.3) is 0 Å². The number of benzene rings is 1. The van der Waals surface area contributed by atoms with Gasteiger partial charge in [-0.1, -0.05) is 31.5 Å². The second-order valence-corrected chi connectivity index (χ2v) is 6.13. The van der Waals surface area contributed by atoms with Gasteiger partial charge in [0.1, 0.15) is 5.54 Å². The van der Waals surface area contributed by atoms with Crippen LogP contribution < -0.4 is 5.32 Å². The number of esters is 1. The highest BCUT2D eigenvalue weighted by atomic mass is 16.5. The van der Waals surface area contributed by atoms with Gasteiger partial charge in [0, 0.05) is 5.69 Å². The molecular formula is C16H23NO2. The summed E-state index contributed by atoms with van der Waals surface area (Å²) in [6.07, 6.45) is 2.89. The fourth-order valence-corrected chi connectivity index (χ4v) is 3.07. The summed E-state index contributed by atoms with van der Waals surface area (Å²) in [5.41, 5.74) is 1.47. The molecule has 0 amide bonds. The van der Waals surface area contributed by atoms with E-state index in [2.05, 4.69) is 38.2 Å². The van der Waals surface area contributed by atoms with Crippen LogP contribution in [0.2, 0.25) is 0 Å². The van der Waals surface area contributed by atoms with E-state index in [0.717, 1.165) is 24.9 Å². The first-order valence-corrected chi connectivity index (χ1v) is 6.84. The summed E-state index contributed by atoms with van der Waals surface area (Å²) in [4.78, 5) is 12.3. The Balaban J connectivity index is 2.34. The number of carbonyl (C=O) groups excluding carboxylic acids is 1. The summed E-state index contributed by atoms with van der Waals surface area (Å²) in [6.45, 7) is 6.33. The molecule has 2 rings (SSSR count). The molecule has 3 heteroatoms. The van der Waals surface area contributed by atoms with Gasteiger partial charge in [-0.15, -0.1) is 0 Å². The van der Waals surface area contributed by atoms with Crippen molar-refractivity contribution in [3.8, 4) is 0 Å². The molecule has 1 N–H and O–H groups in total. The summed E-state index contributed by atoms with van der Waals surface area (Å²) in [5.74, 6) is -0.157. The first-order valence-electron chi connectivity index (χ1n) is 6.84. The molecule has 0 spiro atoms. The van der Waals surface area contributed by atoms with Crippen molar-refractivity contribution in [2.24, 2.45) is 5.41 Å². The number of anilines is 1. The van der Waals surface area contributed by atoms with Crippen LogP contribution in [0.5, 0.6) is 0 Å². The molecule has 1 aliphatic rings. The molecule has 104 valence electrons. The minimum atomic E-state index is -0.614. The van der Waals surface area contributed by atoms with Gasteiger partial charge in [0.2, 0.25) is 0 Å². The largest absolute Gasteiger partial charge is 0.467 e. The van der Waals surface area contributed by atoms with Crippen LogP contribution in [-0.4, -0.2) is 18.6 Å². The number of hydrogen-bond acceptors (Lipinski definition) is 3. The van der Waals surface area contributed by atoms with Crippen molar-refractivity contribution in [1.82, 2.24) is 0 Å². The molecule has 0 aliphatic heterocycles. The van der Waals surface area contributed by atoms with Crippen molar-refractivity contribution in [2.45, 2.75) is 45.6 Å². The maximum absolute atomic E-state index is 12.3. The van der Waals surface area contributed by atoms with Crippen LogP contribution in [0, 0.1) is 12.3 Å². The molecule has 1 aromatic rings. The van der Waals surface area contributed by atoms with Crippen molar-refractivity contribution in [1.29, 1.82) is 0 Å². The topological polar surface area (TPSA) is 38.3 Å². The summed E-state index contributed by atoms with van der Waals surface area (Å²) in [5, 5.41) is 3.45. The first kappa shape index (κ1) is 13.9. The molecule has 1 aromatic carbocycles. The summed E-state index contributed by atoms with van der Waals surface area (Å²) >= 11 is 0. The Kier molecular flexibility index (Phi) is 3.57. The number of ether oxygens (including phenoxy) is 1. The van der Waals surface area contributed by atoms with Gasteiger partial charge in [-0.2, -0.15) is 0 Å². The Morgan fingerprint density at radius 1 is 1.21 bits per heavy atom. The van der Waals surface area contributed by atoms with E-state index < -0.39 is 5.54 Å². The highest BCUT2D eigenvalue weighted by Gasteiger charge is 2.55. The SMILES string of the molecule is COC(=O)C1(Nc2ccc(C)cc2)CCCC1(C)C. The zero-order chi connectivity index (χ0) is 14.1. The van der Waals surface area contributed by atoms with Crippen LogP contribution in [0.3, 0.4) is 0 Å². The van der Waals surface area contributed by atoms with Crippen LogP contribution in [0.1, 0.15) is 38.7 Å². The molecule has 0 aromatic heterocycles. The Morgan fingerprint density at radius 2 is 1.84 bits per heavy atom. The first-order chi connectivity index (χ1) is 8.91.